The van der Waals surface area contributed by atoms with Crippen LogP contribution < -0.4 is 10.0 Å². The molecule has 122 valence electrons. The largest absolute Gasteiger partial charge is 0.322 e. The molecule has 0 unspecified atom stereocenters. The summed E-state index contributed by atoms with van der Waals surface area (Å²) in [6, 6.07) is 9.35. The first-order valence-corrected chi connectivity index (χ1v) is 8.68. The van der Waals surface area contributed by atoms with Crippen molar-refractivity contribution in [3.63, 3.8) is 0 Å². The van der Waals surface area contributed by atoms with Gasteiger partial charge in [0.2, 0.25) is 10.0 Å². The van der Waals surface area contributed by atoms with Crippen molar-refractivity contribution in [2.24, 2.45) is 5.92 Å². The van der Waals surface area contributed by atoms with Crippen LogP contribution in [0.25, 0.3) is 0 Å². The van der Waals surface area contributed by atoms with Crippen molar-refractivity contribution in [3.8, 4) is 0 Å². The zero-order valence-corrected chi connectivity index (χ0v) is 13.8. The van der Waals surface area contributed by atoms with Gasteiger partial charge < -0.3 is 5.32 Å². The summed E-state index contributed by atoms with van der Waals surface area (Å²) in [5.74, 6) is -0.0746. The van der Waals surface area contributed by atoms with Crippen molar-refractivity contribution < 1.29 is 13.2 Å². The number of nitrogens with one attached hydrogen (secondary N) is 2. The van der Waals surface area contributed by atoms with E-state index in [1.54, 1.807) is 30.5 Å². The Morgan fingerprint density at radius 1 is 1.17 bits per heavy atom. The van der Waals surface area contributed by atoms with Crippen LogP contribution in [-0.4, -0.2) is 25.9 Å². The molecule has 2 N–H and O–H groups in total. The first kappa shape index (κ1) is 17.1. The Balaban J connectivity index is 2.06. The molecule has 0 radical (unpaired) electrons. The third-order valence-electron chi connectivity index (χ3n) is 3.03. The lowest BCUT2D eigenvalue weighted by Gasteiger charge is -2.10. The van der Waals surface area contributed by atoms with Gasteiger partial charge in [-0.15, -0.1) is 0 Å². The Labute approximate surface area is 136 Å². The van der Waals surface area contributed by atoms with Crippen molar-refractivity contribution >= 4 is 21.6 Å². The Morgan fingerprint density at radius 3 is 2.43 bits per heavy atom. The molecule has 2 rings (SSSR count). The highest BCUT2D eigenvalue weighted by Crippen LogP contribution is 2.15. The number of benzene rings is 1. The van der Waals surface area contributed by atoms with E-state index in [1.807, 2.05) is 13.8 Å². The molecule has 0 aliphatic rings. The smallest absolute Gasteiger partial charge is 0.257 e. The molecule has 1 aromatic heterocycles. The van der Waals surface area contributed by atoms with Crippen molar-refractivity contribution in [1.29, 1.82) is 0 Å². The van der Waals surface area contributed by atoms with Crippen molar-refractivity contribution in [1.82, 2.24) is 9.71 Å². The third-order valence-corrected chi connectivity index (χ3v) is 4.47. The molecule has 0 spiro atoms. The number of carbonyl (C=O) groups is 1. The molecule has 0 saturated heterocycles. The van der Waals surface area contributed by atoms with Crippen LogP contribution in [0.15, 0.2) is 53.7 Å². The lowest BCUT2D eigenvalue weighted by molar-refractivity contribution is 0.102. The summed E-state index contributed by atoms with van der Waals surface area (Å²) in [4.78, 5) is 16.0. The number of amides is 1. The number of rotatable bonds is 6. The highest BCUT2D eigenvalue weighted by Gasteiger charge is 2.14. The van der Waals surface area contributed by atoms with E-state index >= 15 is 0 Å². The molecule has 1 aromatic carbocycles. The summed E-state index contributed by atoms with van der Waals surface area (Å²) in [6.45, 7) is 4.24. The zero-order chi connectivity index (χ0) is 16.9. The standard InChI is InChI=1S/C16H19N3O3S/c1-12(2)10-18-23(21,22)15-7-5-14(6-8-15)19-16(20)13-4-3-9-17-11-13/h3-9,11-12,18H,10H2,1-2H3,(H,19,20). The highest BCUT2D eigenvalue weighted by atomic mass is 32.2. The van der Waals surface area contributed by atoms with Crippen LogP contribution in [0.3, 0.4) is 0 Å². The quantitative estimate of drug-likeness (QED) is 0.849. The predicted molar refractivity (Wildman–Crippen MR) is 88.7 cm³/mol. The third kappa shape index (κ3) is 4.87. The first-order chi connectivity index (χ1) is 10.9. The van der Waals surface area contributed by atoms with Gasteiger partial charge in [-0.25, -0.2) is 13.1 Å². The number of nitrogens with zero attached hydrogens (tertiary/aromatic N) is 1. The molecule has 2 aromatic rings. The second-order valence-corrected chi connectivity index (χ2v) is 7.23. The molecule has 6 nitrogen and oxygen atoms in total. The van der Waals surface area contributed by atoms with Gasteiger partial charge in [0, 0.05) is 24.6 Å². The average Bonchev–Trinajstić information content (AvgIpc) is 2.54. The Hall–Kier alpha value is -2.25. The number of pyridine rings is 1. The Morgan fingerprint density at radius 2 is 1.87 bits per heavy atom. The van der Waals surface area contributed by atoms with Crippen LogP contribution in [0.1, 0.15) is 24.2 Å². The molecule has 1 heterocycles. The fraction of sp³-hybridized carbons (Fsp3) is 0.250. The van der Waals surface area contributed by atoms with Crippen LogP contribution in [-0.2, 0) is 10.0 Å². The zero-order valence-electron chi connectivity index (χ0n) is 13.0. The van der Waals surface area contributed by atoms with Gasteiger partial charge >= 0.3 is 0 Å². The Kier molecular flexibility index (Phi) is 5.46. The summed E-state index contributed by atoms with van der Waals surface area (Å²) >= 11 is 0. The Bertz CT molecular complexity index is 757. The van der Waals surface area contributed by atoms with Gasteiger partial charge in [-0.2, -0.15) is 0 Å². The normalized spacial score (nSPS) is 11.4. The van der Waals surface area contributed by atoms with E-state index in [0.717, 1.165) is 0 Å². The van der Waals surface area contributed by atoms with Crippen LogP contribution in [0.2, 0.25) is 0 Å². The fourth-order valence-electron chi connectivity index (χ4n) is 1.78. The summed E-state index contributed by atoms with van der Waals surface area (Å²) < 4.78 is 26.7. The minimum atomic E-state index is -3.53. The van der Waals surface area contributed by atoms with Gasteiger partial charge in [0.05, 0.1) is 10.5 Å². The monoisotopic (exact) mass is 333 g/mol. The number of aromatic nitrogens is 1. The lowest BCUT2D eigenvalue weighted by atomic mass is 10.2. The number of anilines is 1. The van der Waals surface area contributed by atoms with E-state index in [2.05, 4.69) is 15.0 Å². The van der Waals surface area contributed by atoms with Gasteiger partial charge in [-0.05, 0) is 42.3 Å². The first-order valence-electron chi connectivity index (χ1n) is 7.19. The number of hydrogen-bond acceptors (Lipinski definition) is 4. The maximum absolute atomic E-state index is 12.1. The lowest BCUT2D eigenvalue weighted by Crippen LogP contribution is -2.27. The van der Waals surface area contributed by atoms with Crippen LogP contribution in [0.5, 0.6) is 0 Å². The summed E-state index contributed by atoms with van der Waals surface area (Å²) in [6.07, 6.45) is 3.05. The topological polar surface area (TPSA) is 88.2 Å². The maximum Gasteiger partial charge on any atom is 0.257 e. The van der Waals surface area contributed by atoms with E-state index in [-0.39, 0.29) is 16.7 Å². The van der Waals surface area contributed by atoms with Gasteiger partial charge in [-0.1, -0.05) is 13.8 Å². The predicted octanol–water partition coefficient (Wildman–Crippen LogP) is 2.27. The van der Waals surface area contributed by atoms with Crippen molar-refractivity contribution in [2.45, 2.75) is 18.7 Å². The molecule has 7 heteroatoms. The summed E-state index contributed by atoms with van der Waals surface area (Å²) in [5, 5.41) is 2.69. The van der Waals surface area contributed by atoms with Crippen molar-refractivity contribution in [2.75, 3.05) is 11.9 Å². The molecule has 1 amide bonds. The molecule has 0 aliphatic heterocycles. The van der Waals surface area contributed by atoms with E-state index < -0.39 is 10.0 Å². The highest BCUT2D eigenvalue weighted by molar-refractivity contribution is 7.89. The van der Waals surface area contributed by atoms with Crippen LogP contribution in [0, 0.1) is 5.92 Å². The van der Waals surface area contributed by atoms with E-state index in [0.29, 0.717) is 17.8 Å². The van der Waals surface area contributed by atoms with E-state index in [9.17, 15) is 13.2 Å². The van der Waals surface area contributed by atoms with Gasteiger partial charge in [-0.3, -0.25) is 9.78 Å². The van der Waals surface area contributed by atoms with Crippen LogP contribution >= 0.6 is 0 Å². The molecule has 0 aliphatic carbocycles. The summed E-state index contributed by atoms with van der Waals surface area (Å²) in [7, 11) is -3.53. The van der Waals surface area contributed by atoms with Gasteiger partial charge in [0.25, 0.3) is 5.91 Å². The fourth-order valence-corrected chi connectivity index (χ4v) is 2.99. The van der Waals surface area contributed by atoms with Crippen molar-refractivity contribution in [3.05, 3.63) is 54.4 Å². The second-order valence-electron chi connectivity index (χ2n) is 5.47. The number of hydrogen-bond donors (Lipinski definition) is 2. The minimum Gasteiger partial charge on any atom is -0.322 e. The molecule has 0 atom stereocenters. The molecule has 0 bridgehead atoms. The van der Waals surface area contributed by atoms with E-state index in [1.165, 1.54) is 18.3 Å². The van der Waals surface area contributed by atoms with Gasteiger partial charge in [0.1, 0.15) is 0 Å². The summed E-state index contributed by atoms with van der Waals surface area (Å²) in [5.41, 5.74) is 0.949. The molecular weight excluding hydrogens is 314 g/mol. The van der Waals surface area contributed by atoms with Gasteiger partial charge in [0.15, 0.2) is 0 Å². The minimum absolute atomic E-state index is 0.164. The second kappa shape index (κ2) is 7.34. The SMILES string of the molecule is CC(C)CNS(=O)(=O)c1ccc(NC(=O)c2cccnc2)cc1. The number of sulfonamides is 1. The van der Waals surface area contributed by atoms with Crippen LogP contribution in [0.4, 0.5) is 5.69 Å². The molecular formula is C16H19N3O3S. The number of carbonyl (C=O) groups excluding carboxylic acids is 1. The van der Waals surface area contributed by atoms with E-state index in [4.69, 9.17) is 0 Å². The molecule has 23 heavy (non-hydrogen) atoms. The molecule has 0 saturated carbocycles. The molecule has 0 fully saturated rings. The maximum atomic E-state index is 12.1. The average molecular weight is 333 g/mol.